The fraction of sp³-hybridized carbons (Fsp3) is 0. The smallest absolute Gasteiger partial charge is 0.235 e. The minimum Gasteiger partial charge on any atom is -0.456 e. The van der Waals surface area contributed by atoms with Gasteiger partial charge in [0.05, 0.1) is 38.7 Å². The third-order valence-electron chi connectivity index (χ3n) is 10.9. The van der Waals surface area contributed by atoms with Crippen LogP contribution in [0.4, 0.5) is 0 Å². The molecule has 0 bridgehead atoms. The van der Waals surface area contributed by atoms with E-state index in [-0.39, 0.29) is 0 Å². The van der Waals surface area contributed by atoms with E-state index in [0.29, 0.717) is 5.95 Å². The van der Waals surface area contributed by atoms with Crippen LogP contribution < -0.4 is 4.74 Å². The summed E-state index contributed by atoms with van der Waals surface area (Å²) in [6.45, 7) is 0. The van der Waals surface area contributed by atoms with Crippen LogP contribution in [-0.4, -0.2) is 19.1 Å². The Morgan fingerprint density at radius 1 is 0.415 bits per heavy atom. The summed E-state index contributed by atoms with van der Waals surface area (Å²) in [5.74, 6) is 2.23. The number of aromatic nitrogens is 4. The molecule has 0 saturated heterocycles. The second-order valence-corrected chi connectivity index (χ2v) is 13.8. The number of hydrogen-bond donors (Lipinski definition) is 0. The first-order valence-electron chi connectivity index (χ1n) is 17.9. The fourth-order valence-corrected chi connectivity index (χ4v) is 8.58. The van der Waals surface area contributed by atoms with Gasteiger partial charge in [-0.3, -0.25) is 4.57 Å². The first-order chi connectivity index (χ1) is 26.3. The van der Waals surface area contributed by atoms with E-state index in [1.807, 2.05) is 36.4 Å². The highest BCUT2D eigenvalue weighted by atomic mass is 16.5. The minimum atomic E-state index is 0.641. The highest BCUT2D eigenvalue weighted by Gasteiger charge is 2.24. The second-order valence-electron chi connectivity index (χ2n) is 13.8. The highest BCUT2D eigenvalue weighted by Crippen LogP contribution is 2.46. The lowest BCUT2D eigenvalue weighted by molar-refractivity contribution is 0.486. The molecular weight excluding hydrogens is 649 g/mol. The molecule has 1 aliphatic rings. The van der Waals surface area contributed by atoms with Crippen LogP contribution in [-0.2, 0) is 0 Å². The SMILES string of the molecule is c1ccc(-n2c3ccc(-c4ccc5c(c4)c4ccccc4n5-c4nc5c6c(cccc6n4)Oc4ccccc4-5)cc3c3c4ccccc4ccc32)cc1. The summed E-state index contributed by atoms with van der Waals surface area (Å²) in [6.07, 6.45) is 0. The number of para-hydroxylation sites is 3. The van der Waals surface area contributed by atoms with Crippen molar-refractivity contribution < 1.29 is 4.74 Å². The number of ether oxygens (including phenoxy) is 1. The molecule has 53 heavy (non-hydrogen) atoms. The molecular formula is C48H28N4O. The lowest BCUT2D eigenvalue weighted by atomic mass is 9.99. The van der Waals surface area contributed by atoms with Crippen LogP contribution in [0.1, 0.15) is 0 Å². The van der Waals surface area contributed by atoms with Crippen LogP contribution in [0, 0.1) is 0 Å². The molecule has 0 radical (unpaired) electrons. The molecule has 0 N–H and O–H groups in total. The normalized spacial score (nSPS) is 12.3. The second kappa shape index (κ2) is 10.6. The van der Waals surface area contributed by atoms with Crippen molar-refractivity contribution in [2.45, 2.75) is 0 Å². The Morgan fingerprint density at radius 2 is 1.09 bits per heavy atom. The number of benzene rings is 8. The predicted octanol–water partition coefficient (Wildman–Crippen LogP) is 12.4. The van der Waals surface area contributed by atoms with E-state index < -0.39 is 0 Å². The standard InChI is InChI=1S/C48H28N4O/c1-2-12-32(13-3-1)51-41-25-23-31(28-37(41)45-33-14-5-4-11-29(33)21-26-42(45)51)30-22-24-40-36(27-30)34-15-6-8-18-39(34)52(40)48-49-38-17-10-20-44-46(38)47(50-48)35-16-7-9-19-43(35)53-44/h1-28H. The van der Waals surface area contributed by atoms with Crippen molar-refractivity contribution in [3.63, 3.8) is 0 Å². The zero-order chi connectivity index (χ0) is 34.6. The summed E-state index contributed by atoms with van der Waals surface area (Å²) in [4.78, 5) is 10.4. The van der Waals surface area contributed by atoms with Gasteiger partial charge in [0.2, 0.25) is 5.95 Å². The molecule has 0 spiro atoms. The summed E-state index contributed by atoms with van der Waals surface area (Å²) >= 11 is 0. The van der Waals surface area contributed by atoms with Gasteiger partial charge < -0.3 is 9.30 Å². The summed E-state index contributed by atoms with van der Waals surface area (Å²) in [6, 6.07) is 60.3. The van der Waals surface area contributed by atoms with Gasteiger partial charge in [-0.15, -0.1) is 0 Å². The lowest BCUT2D eigenvalue weighted by Gasteiger charge is -2.20. The monoisotopic (exact) mass is 676 g/mol. The van der Waals surface area contributed by atoms with E-state index >= 15 is 0 Å². The summed E-state index contributed by atoms with van der Waals surface area (Å²) in [5, 5.41) is 8.27. The van der Waals surface area contributed by atoms with E-state index in [0.717, 1.165) is 66.7 Å². The Hall–Kier alpha value is -7.24. The first-order valence-corrected chi connectivity index (χ1v) is 17.9. The molecule has 0 aliphatic carbocycles. The maximum atomic E-state index is 6.28. The van der Waals surface area contributed by atoms with Crippen molar-refractivity contribution in [1.82, 2.24) is 19.1 Å². The number of fused-ring (bicyclic) bond motifs is 10. The van der Waals surface area contributed by atoms with Crippen molar-refractivity contribution in [3.05, 3.63) is 170 Å². The zero-order valence-corrected chi connectivity index (χ0v) is 28.4. The van der Waals surface area contributed by atoms with Gasteiger partial charge in [-0.2, -0.15) is 0 Å². The van der Waals surface area contributed by atoms with Gasteiger partial charge in [-0.1, -0.05) is 97.1 Å². The molecule has 12 rings (SSSR count). The molecule has 4 heterocycles. The van der Waals surface area contributed by atoms with Gasteiger partial charge in [-0.25, -0.2) is 9.97 Å². The van der Waals surface area contributed by atoms with E-state index in [2.05, 4.69) is 143 Å². The molecule has 5 heteroatoms. The highest BCUT2D eigenvalue weighted by molar-refractivity contribution is 6.22. The van der Waals surface area contributed by atoms with Crippen molar-refractivity contribution in [1.29, 1.82) is 0 Å². The van der Waals surface area contributed by atoms with Crippen LogP contribution in [0.25, 0.3) is 99.3 Å². The average Bonchev–Trinajstić information content (AvgIpc) is 3.73. The number of nitrogens with zero attached hydrogens (tertiary/aromatic N) is 4. The molecule has 5 nitrogen and oxygen atoms in total. The summed E-state index contributed by atoms with van der Waals surface area (Å²) in [7, 11) is 0. The van der Waals surface area contributed by atoms with Crippen molar-refractivity contribution >= 4 is 65.3 Å². The van der Waals surface area contributed by atoms with Crippen LogP contribution in [0.2, 0.25) is 0 Å². The lowest BCUT2D eigenvalue weighted by Crippen LogP contribution is -2.06. The molecule has 3 aromatic heterocycles. The van der Waals surface area contributed by atoms with Gasteiger partial charge in [0, 0.05) is 32.8 Å². The molecule has 0 amide bonds. The summed E-state index contributed by atoms with van der Waals surface area (Å²) < 4.78 is 10.9. The Labute approximate surface area is 303 Å². The molecule has 11 aromatic rings. The third-order valence-corrected chi connectivity index (χ3v) is 10.9. The third kappa shape index (κ3) is 4.02. The molecule has 0 atom stereocenters. The van der Waals surface area contributed by atoms with Gasteiger partial charge in [-0.05, 0) is 94.7 Å². The van der Waals surface area contributed by atoms with Gasteiger partial charge >= 0.3 is 0 Å². The molecule has 0 saturated carbocycles. The molecule has 8 aromatic carbocycles. The van der Waals surface area contributed by atoms with E-state index in [1.165, 1.54) is 38.1 Å². The van der Waals surface area contributed by atoms with Crippen LogP contribution in [0.3, 0.4) is 0 Å². The van der Waals surface area contributed by atoms with Gasteiger partial charge in [0.1, 0.15) is 11.5 Å². The van der Waals surface area contributed by atoms with Crippen LogP contribution >= 0.6 is 0 Å². The Kier molecular flexibility index (Phi) is 5.71. The molecule has 0 unspecified atom stereocenters. The topological polar surface area (TPSA) is 44.9 Å². The van der Waals surface area contributed by atoms with Crippen molar-refractivity contribution in [2.75, 3.05) is 0 Å². The van der Waals surface area contributed by atoms with Crippen molar-refractivity contribution in [2.24, 2.45) is 0 Å². The number of hydrogen-bond acceptors (Lipinski definition) is 3. The zero-order valence-electron chi connectivity index (χ0n) is 28.4. The largest absolute Gasteiger partial charge is 0.456 e. The minimum absolute atomic E-state index is 0.641. The maximum Gasteiger partial charge on any atom is 0.235 e. The quantitative estimate of drug-likeness (QED) is 0.187. The predicted molar refractivity (Wildman–Crippen MR) is 217 cm³/mol. The maximum absolute atomic E-state index is 6.28. The fourth-order valence-electron chi connectivity index (χ4n) is 8.58. The Balaban J connectivity index is 1.09. The Morgan fingerprint density at radius 3 is 1.98 bits per heavy atom. The van der Waals surface area contributed by atoms with Crippen LogP contribution in [0.5, 0.6) is 11.5 Å². The van der Waals surface area contributed by atoms with Crippen LogP contribution in [0.15, 0.2) is 170 Å². The van der Waals surface area contributed by atoms with E-state index in [9.17, 15) is 0 Å². The number of rotatable bonds is 3. The van der Waals surface area contributed by atoms with E-state index in [4.69, 9.17) is 14.7 Å². The molecule has 0 fully saturated rings. The van der Waals surface area contributed by atoms with Gasteiger partial charge in [0.15, 0.2) is 0 Å². The molecule has 246 valence electrons. The van der Waals surface area contributed by atoms with Gasteiger partial charge in [0.25, 0.3) is 0 Å². The first kappa shape index (κ1) is 28.5. The van der Waals surface area contributed by atoms with Crippen molar-refractivity contribution in [3.8, 4) is 45.5 Å². The summed E-state index contributed by atoms with van der Waals surface area (Å²) in [5.41, 5.74) is 10.7. The molecule has 1 aliphatic heterocycles. The van der Waals surface area contributed by atoms with E-state index in [1.54, 1.807) is 0 Å². The average molecular weight is 677 g/mol. The Bertz CT molecular complexity index is 3320.